The summed E-state index contributed by atoms with van der Waals surface area (Å²) in [5, 5.41) is 0. The van der Waals surface area contributed by atoms with E-state index in [0.717, 1.165) is 72.3 Å². The molecule has 0 spiro atoms. The molecule has 1 aliphatic heterocycles. The quantitative estimate of drug-likeness (QED) is 0.492. The summed E-state index contributed by atoms with van der Waals surface area (Å²) in [5.41, 5.74) is 4.59. The van der Waals surface area contributed by atoms with E-state index in [1.165, 1.54) is 0 Å². The van der Waals surface area contributed by atoms with Crippen molar-refractivity contribution in [1.29, 1.82) is 0 Å². The predicted molar refractivity (Wildman–Crippen MR) is 128 cm³/mol. The zero-order valence-electron chi connectivity index (χ0n) is 20.0. The van der Waals surface area contributed by atoms with Gasteiger partial charge in [-0.25, -0.2) is 4.98 Å². The van der Waals surface area contributed by atoms with Crippen molar-refractivity contribution in [3.8, 4) is 23.0 Å². The molecule has 1 aromatic heterocycles. The smallest absolute Gasteiger partial charge is 0.230 e. The van der Waals surface area contributed by atoms with Gasteiger partial charge in [-0.2, -0.15) is 0 Å². The first kappa shape index (κ1) is 22.9. The van der Waals surface area contributed by atoms with Gasteiger partial charge in [0.25, 0.3) is 0 Å². The van der Waals surface area contributed by atoms with E-state index < -0.39 is 0 Å². The van der Waals surface area contributed by atoms with Gasteiger partial charge in [0, 0.05) is 49.5 Å². The summed E-state index contributed by atoms with van der Waals surface area (Å²) in [4.78, 5) is 21.1. The van der Waals surface area contributed by atoms with Crippen molar-refractivity contribution >= 4 is 11.5 Å². The lowest BCUT2D eigenvalue weighted by molar-refractivity contribution is 0.101. The van der Waals surface area contributed by atoms with Gasteiger partial charge in [-0.1, -0.05) is 0 Å². The molecule has 3 aromatic rings. The van der Waals surface area contributed by atoms with Crippen LogP contribution in [0.15, 0.2) is 40.8 Å². The number of Topliss-reactive ketones (excluding diaryl/α,β-unsaturated/α-hetero) is 1. The molecule has 7 heteroatoms. The van der Waals surface area contributed by atoms with E-state index in [-0.39, 0.29) is 5.78 Å². The van der Waals surface area contributed by atoms with Gasteiger partial charge < -0.3 is 18.8 Å². The number of carbonyl (C=O) groups excluding carboxylic acids is 1. The predicted octanol–water partition coefficient (Wildman–Crippen LogP) is 4.50. The number of hydrogen-bond acceptors (Lipinski definition) is 7. The largest absolute Gasteiger partial charge is 0.496 e. The number of aryl methyl sites for hydroxylation is 1. The Kier molecular flexibility index (Phi) is 6.70. The van der Waals surface area contributed by atoms with Crippen molar-refractivity contribution in [3.63, 3.8) is 0 Å². The number of carbonyl (C=O) groups is 1. The fourth-order valence-corrected chi connectivity index (χ4v) is 4.30. The molecule has 0 N–H and O–H groups in total. The highest BCUT2D eigenvalue weighted by molar-refractivity contribution is 5.94. The maximum atomic E-state index is 11.5. The first-order valence-electron chi connectivity index (χ1n) is 11.2. The Morgan fingerprint density at radius 1 is 1.00 bits per heavy atom. The SMILES string of the molecule is COc1ccc(-c2nc(CN3CCN(c4ccc(C(C)=O)cc4)CC3)c(C)o2)c(OC)c1C. The molecule has 2 heterocycles. The average molecular weight is 450 g/mol. The molecule has 0 aliphatic carbocycles. The lowest BCUT2D eigenvalue weighted by Crippen LogP contribution is -2.46. The van der Waals surface area contributed by atoms with Gasteiger partial charge in [0.05, 0.1) is 25.5 Å². The number of ketones is 1. The molecule has 33 heavy (non-hydrogen) atoms. The molecule has 1 saturated heterocycles. The molecule has 7 nitrogen and oxygen atoms in total. The Morgan fingerprint density at radius 3 is 2.30 bits per heavy atom. The van der Waals surface area contributed by atoms with Crippen molar-refractivity contribution in [2.24, 2.45) is 0 Å². The summed E-state index contributed by atoms with van der Waals surface area (Å²) in [6.07, 6.45) is 0. The molecular weight excluding hydrogens is 418 g/mol. The van der Waals surface area contributed by atoms with E-state index in [4.69, 9.17) is 18.9 Å². The van der Waals surface area contributed by atoms with Crippen LogP contribution in [0.2, 0.25) is 0 Å². The maximum Gasteiger partial charge on any atom is 0.230 e. The number of aromatic nitrogens is 1. The van der Waals surface area contributed by atoms with Gasteiger partial charge >= 0.3 is 0 Å². The fraction of sp³-hybridized carbons (Fsp3) is 0.385. The molecular formula is C26H31N3O4. The first-order valence-corrected chi connectivity index (χ1v) is 11.2. The second-order valence-electron chi connectivity index (χ2n) is 8.36. The van der Waals surface area contributed by atoms with Crippen LogP contribution in [0.1, 0.15) is 34.3 Å². The second-order valence-corrected chi connectivity index (χ2v) is 8.36. The number of hydrogen-bond donors (Lipinski definition) is 0. The number of benzene rings is 2. The van der Waals surface area contributed by atoms with Crippen LogP contribution in [0.3, 0.4) is 0 Å². The van der Waals surface area contributed by atoms with Crippen molar-refractivity contribution in [2.75, 3.05) is 45.3 Å². The van der Waals surface area contributed by atoms with Crippen LogP contribution in [-0.4, -0.2) is 56.1 Å². The Labute approximate surface area is 194 Å². The minimum absolute atomic E-state index is 0.0936. The maximum absolute atomic E-state index is 11.5. The number of rotatable bonds is 7. The van der Waals surface area contributed by atoms with Crippen molar-refractivity contribution in [1.82, 2.24) is 9.88 Å². The number of anilines is 1. The Morgan fingerprint density at radius 2 is 1.70 bits per heavy atom. The molecule has 0 saturated carbocycles. The van der Waals surface area contributed by atoms with E-state index in [9.17, 15) is 4.79 Å². The minimum atomic E-state index is 0.0936. The highest BCUT2D eigenvalue weighted by atomic mass is 16.5. The van der Waals surface area contributed by atoms with Crippen LogP contribution in [0.4, 0.5) is 5.69 Å². The molecule has 0 atom stereocenters. The van der Waals surface area contributed by atoms with Crippen LogP contribution in [0, 0.1) is 13.8 Å². The summed E-state index contributed by atoms with van der Waals surface area (Å²) in [6, 6.07) is 11.7. The highest BCUT2D eigenvalue weighted by Crippen LogP contribution is 2.38. The fourth-order valence-electron chi connectivity index (χ4n) is 4.30. The third kappa shape index (κ3) is 4.73. The molecule has 4 rings (SSSR count). The summed E-state index contributed by atoms with van der Waals surface area (Å²) < 4.78 is 17.1. The number of ether oxygens (including phenoxy) is 2. The molecule has 174 valence electrons. The van der Waals surface area contributed by atoms with Gasteiger partial charge in [0.15, 0.2) is 5.78 Å². The van der Waals surface area contributed by atoms with Crippen LogP contribution < -0.4 is 14.4 Å². The zero-order valence-corrected chi connectivity index (χ0v) is 20.0. The Bertz CT molecular complexity index is 1130. The Hall–Kier alpha value is -3.32. The van der Waals surface area contributed by atoms with E-state index >= 15 is 0 Å². The van der Waals surface area contributed by atoms with Crippen LogP contribution in [-0.2, 0) is 6.54 Å². The molecule has 2 aromatic carbocycles. The molecule has 1 fully saturated rings. The molecule has 1 aliphatic rings. The van der Waals surface area contributed by atoms with Gasteiger partial charge in [-0.05, 0) is 57.2 Å². The van der Waals surface area contributed by atoms with Gasteiger partial charge in [-0.3, -0.25) is 9.69 Å². The average Bonchev–Trinajstić information content (AvgIpc) is 3.19. The highest BCUT2D eigenvalue weighted by Gasteiger charge is 2.22. The van der Waals surface area contributed by atoms with E-state index in [0.29, 0.717) is 11.6 Å². The van der Waals surface area contributed by atoms with Crippen molar-refractivity contribution < 1.29 is 18.7 Å². The minimum Gasteiger partial charge on any atom is -0.496 e. The van der Waals surface area contributed by atoms with Crippen LogP contribution >= 0.6 is 0 Å². The number of oxazole rings is 1. The lowest BCUT2D eigenvalue weighted by Gasteiger charge is -2.35. The summed E-state index contributed by atoms with van der Waals surface area (Å²) in [7, 11) is 3.30. The normalized spacial score (nSPS) is 14.4. The topological polar surface area (TPSA) is 68.0 Å². The van der Waals surface area contributed by atoms with Crippen molar-refractivity contribution in [2.45, 2.75) is 27.3 Å². The second kappa shape index (κ2) is 9.67. The van der Waals surface area contributed by atoms with Crippen molar-refractivity contribution in [3.05, 3.63) is 59.0 Å². The summed E-state index contributed by atoms with van der Waals surface area (Å²) in [5.74, 6) is 2.97. The third-order valence-corrected chi connectivity index (χ3v) is 6.29. The summed E-state index contributed by atoms with van der Waals surface area (Å²) in [6.45, 7) is 9.97. The number of piperazine rings is 1. The molecule has 0 amide bonds. The van der Waals surface area contributed by atoms with E-state index in [1.54, 1.807) is 21.1 Å². The molecule has 0 radical (unpaired) electrons. The number of methoxy groups -OCH3 is 2. The molecule has 0 bridgehead atoms. The van der Waals surface area contributed by atoms with Gasteiger partial charge in [0.2, 0.25) is 5.89 Å². The standard InChI is InChI=1S/C26H31N3O4/c1-17-24(31-4)11-10-22(25(17)32-5)26-27-23(19(3)33-26)16-28-12-14-29(15-13-28)21-8-6-20(7-9-21)18(2)30/h6-11H,12-16H2,1-5H3. The van der Waals surface area contributed by atoms with E-state index in [1.807, 2.05) is 50.2 Å². The van der Waals surface area contributed by atoms with Crippen LogP contribution in [0.25, 0.3) is 11.5 Å². The first-order chi connectivity index (χ1) is 15.9. The van der Waals surface area contributed by atoms with Gasteiger partial charge in [0.1, 0.15) is 17.3 Å². The van der Waals surface area contributed by atoms with E-state index in [2.05, 4.69) is 9.80 Å². The number of nitrogens with zero attached hydrogens (tertiary/aromatic N) is 3. The summed E-state index contributed by atoms with van der Waals surface area (Å²) >= 11 is 0. The van der Waals surface area contributed by atoms with Crippen LogP contribution in [0.5, 0.6) is 11.5 Å². The zero-order chi connectivity index (χ0) is 23.5. The Balaban J connectivity index is 1.43. The monoisotopic (exact) mass is 449 g/mol. The van der Waals surface area contributed by atoms with Gasteiger partial charge in [-0.15, -0.1) is 0 Å². The lowest BCUT2D eigenvalue weighted by atomic mass is 10.1. The molecule has 0 unspecified atom stereocenters. The third-order valence-electron chi connectivity index (χ3n) is 6.29.